The van der Waals surface area contributed by atoms with E-state index >= 15 is 0 Å². The van der Waals surface area contributed by atoms with E-state index in [1.165, 1.54) is 0 Å². The van der Waals surface area contributed by atoms with Crippen molar-refractivity contribution in [2.45, 2.75) is 59.2 Å². The predicted molar refractivity (Wildman–Crippen MR) is 82.1 cm³/mol. The van der Waals surface area contributed by atoms with Crippen molar-refractivity contribution >= 4 is 17.8 Å². The van der Waals surface area contributed by atoms with Gasteiger partial charge < -0.3 is 21.1 Å². The smallest absolute Gasteiger partial charge is 0.229 e. The molecule has 20 heavy (non-hydrogen) atoms. The van der Waals surface area contributed by atoms with Gasteiger partial charge in [-0.2, -0.15) is 15.0 Å². The number of nitrogens with one attached hydrogen (secondary N) is 3. The van der Waals surface area contributed by atoms with Gasteiger partial charge in [-0.25, -0.2) is 0 Å². The number of hydrogen-bond acceptors (Lipinski definition) is 7. The molecule has 0 unspecified atom stereocenters. The molecule has 1 atom stereocenters. The highest BCUT2D eigenvalue weighted by molar-refractivity contribution is 5.43. The Morgan fingerprint density at radius 3 is 1.55 bits per heavy atom. The van der Waals surface area contributed by atoms with Gasteiger partial charge in [0.05, 0.1) is 12.6 Å². The minimum absolute atomic E-state index is 0.0437. The fourth-order valence-corrected chi connectivity index (χ4v) is 1.55. The number of anilines is 3. The molecule has 7 heteroatoms. The minimum Gasteiger partial charge on any atom is -0.394 e. The first-order valence-corrected chi connectivity index (χ1v) is 7.11. The van der Waals surface area contributed by atoms with Gasteiger partial charge in [0.15, 0.2) is 0 Å². The van der Waals surface area contributed by atoms with Crippen LogP contribution in [0.5, 0.6) is 0 Å². The molecule has 4 N–H and O–H groups in total. The Morgan fingerprint density at radius 1 is 0.850 bits per heavy atom. The maximum absolute atomic E-state index is 9.25. The van der Waals surface area contributed by atoms with E-state index in [4.69, 9.17) is 0 Å². The third kappa shape index (κ3) is 5.56. The van der Waals surface area contributed by atoms with E-state index in [9.17, 15) is 5.11 Å². The molecule has 0 aromatic carbocycles. The Balaban J connectivity index is 2.96. The van der Waals surface area contributed by atoms with Crippen molar-refractivity contribution in [3.63, 3.8) is 0 Å². The zero-order chi connectivity index (χ0) is 15.1. The molecule has 0 saturated carbocycles. The van der Waals surface area contributed by atoms with Gasteiger partial charge in [-0.05, 0) is 34.1 Å². The normalized spacial score (nSPS) is 12.6. The van der Waals surface area contributed by atoms with E-state index in [2.05, 4.69) is 30.9 Å². The first-order valence-electron chi connectivity index (χ1n) is 7.11. The Labute approximate surface area is 120 Å². The molecule has 0 aliphatic carbocycles. The number of rotatable bonds is 8. The summed E-state index contributed by atoms with van der Waals surface area (Å²) in [6.45, 7) is 10.1. The van der Waals surface area contributed by atoms with Gasteiger partial charge in [0.2, 0.25) is 17.8 Å². The Morgan fingerprint density at radius 2 is 1.25 bits per heavy atom. The average Bonchev–Trinajstić information content (AvgIpc) is 2.33. The van der Waals surface area contributed by atoms with E-state index in [1.807, 2.05) is 34.6 Å². The van der Waals surface area contributed by atoms with Crippen LogP contribution in [0.15, 0.2) is 0 Å². The van der Waals surface area contributed by atoms with Crippen LogP contribution < -0.4 is 16.0 Å². The minimum atomic E-state index is -0.0591. The third-order valence-electron chi connectivity index (χ3n) is 2.52. The summed E-state index contributed by atoms with van der Waals surface area (Å²) in [5.41, 5.74) is 0. The number of aliphatic hydroxyl groups is 1. The number of nitrogens with zero attached hydrogens (tertiary/aromatic N) is 3. The van der Waals surface area contributed by atoms with Gasteiger partial charge in [0, 0.05) is 12.1 Å². The molecule has 0 amide bonds. The zero-order valence-electron chi connectivity index (χ0n) is 12.9. The van der Waals surface area contributed by atoms with Crippen molar-refractivity contribution < 1.29 is 5.11 Å². The second-order valence-corrected chi connectivity index (χ2v) is 5.34. The molecule has 7 nitrogen and oxygen atoms in total. The summed E-state index contributed by atoms with van der Waals surface area (Å²) < 4.78 is 0. The summed E-state index contributed by atoms with van der Waals surface area (Å²) in [6, 6.07) is 0.408. The standard InChI is InChI=1S/C13H26N6O/c1-6-10(7-20)16-13-18-11(14-8(2)3)17-12(19-13)15-9(4)5/h8-10,20H,6-7H2,1-5H3,(H3,14,15,16,17,18,19)/t10-/m1/s1. The molecule has 0 saturated heterocycles. The topological polar surface area (TPSA) is 95.0 Å². The van der Waals surface area contributed by atoms with Crippen molar-refractivity contribution in [1.82, 2.24) is 15.0 Å². The molecular formula is C13H26N6O. The van der Waals surface area contributed by atoms with Crippen LogP contribution >= 0.6 is 0 Å². The van der Waals surface area contributed by atoms with E-state index in [0.29, 0.717) is 17.8 Å². The first kappa shape index (κ1) is 16.4. The summed E-state index contributed by atoms with van der Waals surface area (Å²) >= 11 is 0. The van der Waals surface area contributed by atoms with E-state index in [-0.39, 0.29) is 24.7 Å². The summed E-state index contributed by atoms with van der Waals surface area (Å²) in [5, 5.41) is 18.7. The van der Waals surface area contributed by atoms with Crippen LogP contribution in [-0.4, -0.2) is 44.8 Å². The lowest BCUT2D eigenvalue weighted by Gasteiger charge is -2.17. The van der Waals surface area contributed by atoms with E-state index < -0.39 is 0 Å². The van der Waals surface area contributed by atoms with Gasteiger partial charge in [0.1, 0.15) is 0 Å². The van der Waals surface area contributed by atoms with Crippen molar-refractivity contribution in [2.24, 2.45) is 0 Å². The van der Waals surface area contributed by atoms with Crippen LogP contribution in [-0.2, 0) is 0 Å². The lowest BCUT2D eigenvalue weighted by molar-refractivity contribution is 0.271. The van der Waals surface area contributed by atoms with Crippen molar-refractivity contribution in [2.75, 3.05) is 22.6 Å². The molecule has 0 spiro atoms. The fourth-order valence-electron chi connectivity index (χ4n) is 1.55. The molecular weight excluding hydrogens is 256 g/mol. The molecule has 0 bridgehead atoms. The Hall–Kier alpha value is -1.63. The second kappa shape index (κ2) is 7.84. The number of aliphatic hydroxyl groups excluding tert-OH is 1. The van der Waals surface area contributed by atoms with Crippen LogP contribution in [0, 0.1) is 0 Å². The highest BCUT2D eigenvalue weighted by Gasteiger charge is 2.11. The lowest BCUT2D eigenvalue weighted by Crippen LogP contribution is -2.25. The Bertz CT molecular complexity index is 378. The molecule has 1 aromatic heterocycles. The molecule has 0 aliphatic heterocycles. The first-order chi connectivity index (χ1) is 9.44. The molecule has 0 radical (unpaired) electrons. The number of hydrogen-bond donors (Lipinski definition) is 4. The van der Waals surface area contributed by atoms with Gasteiger partial charge in [-0.1, -0.05) is 6.92 Å². The highest BCUT2D eigenvalue weighted by atomic mass is 16.3. The molecule has 0 fully saturated rings. The van der Waals surface area contributed by atoms with Crippen molar-refractivity contribution in [3.05, 3.63) is 0 Å². The molecule has 1 aromatic rings. The molecule has 1 heterocycles. The largest absolute Gasteiger partial charge is 0.394 e. The predicted octanol–water partition coefficient (Wildman–Crippen LogP) is 1.69. The molecule has 0 aliphatic rings. The van der Waals surface area contributed by atoms with Gasteiger partial charge in [0.25, 0.3) is 0 Å². The second-order valence-electron chi connectivity index (χ2n) is 5.34. The van der Waals surface area contributed by atoms with Crippen LogP contribution in [0.2, 0.25) is 0 Å². The highest BCUT2D eigenvalue weighted by Crippen LogP contribution is 2.12. The van der Waals surface area contributed by atoms with Crippen molar-refractivity contribution in [1.29, 1.82) is 0 Å². The third-order valence-corrected chi connectivity index (χ3v) is 2.52. The fraction of sp³-hybridized carbons (Fsp3) is 0.769. The summed E-state index contributed by atoms with van der Waals surface area (Å²) in [5.74, 6) is 1.51. The van der Waals surface area contributed by atoms with Crippen molar-refractivity contribution in [3.8, 4) is 0 Å². The number of aromatic nitrogens is 3. The maximum atomic E-state index is 9.25. The Kier molecular flexibility index (Phi) is 6.44. The van der Waals surface area contributed by atoms with Crippen LogP contribution in [0.4, 0.5) is 17.8 Å². The van der Waals surface area contributed by atoms with E-state index in [1.54, 1.807) is 0 Å². The summed E-state index contributed by atoms with van der Waals surface area (Å²) in [7, 11) is 0. The van der Waals surface area contributed by atoms with Crippen LogP contribution in [0.1, 0.15) is 41.0 Å². The monoisotopic (exact) mass is 282 g/mol. The van der Waals surface area contributed by atoms with Gasteiger partial charge in [-0.15, -0.1) is 0 Å². The summed E-state index contributed by atoms with van der Waals surface area (Å²) in [4.78, 5) is 13.0. The lowest BCUT2D eigenvalue weighted by atomic mass is 10.2. The maximum Gasteiger partial charge on any atom is 0.229 e. The van der Waals surface area contributed by atoms with Crippen LogP contribution in [0.25, 0.3) is 0 Å². The zero-order valence-corrected chi connectivity index (χ0v) is 12.9. The molecule has 114 valence electrons. The van der Waals surface area contributed by atoms with Gasteiger partial charge in [-0.3, -0.25) is 0 Å². The summed E-state index contributed by atoms with van der Waals surface area (Å²) in [6.07, 6.45) is 0.794. The quantitative estimate of drug-likeness (QED) is 0.576. The molecule has 1 rings (SSSR count). The SMILES string of the molecule is CC[C@H](CO)Nc1nc(NC(C)C)nc(NC(C)C)n1. The average molecular weight is 282 g/mol. The van der Waals surface area contributed by atoms with Crippen LogP contribution in [0.3, 0.4) is 0 Å². The van der Waals surface area contributed by atoms with E-state index in [0.717, 1.165) is 6.42 Å². The van der Waals surface area contributed by atoms with Gasteiger partial charge >= 0.3 is 0 Å².